The van der Waals surface area contributed by atoms with Gasteiger partial charge in [-0.05, 0) is 48.5 Å². The number of Topliss-reactive ketones (excluding diaryl/α,β-unsaturated/α-hetero) is 1. The van der Waals surface area contributed by atoms with Gasteiger partial charge in [-0.25, -0.2) is 0 Å². The normalized spacial score (nSPS) is 25.0. The van der Waals surface area contributed by atoms with E-state index in [-0.39, 0.29) is 41.8 Å². The van der Waals surface area contributed by atoms with Crippen LogP contribution in [0.3, 0.4) is 0 Å². The second-order valence-corrected chi connectivity index (χ2v) is 10.9. The Morgan fingerprint density at radius 3 is 0.905 bits per heavy atom. The van der Waals surface area contributed by atoms with Crippen molar-refractivity contribution in [1.29, 1.82) is 0 Å². The topological polar surface area (TPSA) is 87.2 Å². The fourth-order valence-corrected chi connectivity index (χ4v) is 7.26. The van der Waals surface area contributed by atoms with Crippen LogP contribution in [0.2, 0.25) is 0 Å². The Kier molecular flexibility index (Phi) is 7.87. The molecule has 7 nitrogen and oxygen atoms in total. The van der Waals surface area contributed by atoms with E-state index in [9.17, 15) is 0 Å². The average Bonchev–Trinajstić information content (AvgIpc) is 3.05. The van der Waals surface area contributed by atoms with Gasteiger partial charge in [-0.15, -0.1) is 0 Å². The zero-order valence-corrected chi connectivity index (χ0v) is 24.4. The second kappa shape index (κ2) is 11.9. The van der Waals surface area contributed by atoms with Gasteiger partial charge < -0.3 is 29.6 Å². The summed E-state index contributed by atoms with van der Waals surface area (Å²) in [6, 6.07) is 31.3. The molecule has 6 atom stereocenters. The van der Waals surface area contributed by atoms with Gasteiger partial charge in [-0.3, -0.25) is 4.79 Å². The van der Waals surface area contributed by atoms with E-state index in [4.69, 9.17) is 18.9 Å². The summed E-state index contributed by atoms with van der Waals surface area (Å²) in [4.78, 5) is 15.1. The molecular weight excluding hydrogens is 528 g/mol. The lowest BCUT2D eigenvalue weighted by molar-refractivity contribution is -0.815. The molecule has 0 amide bonds. The van der Waals surface area contributed by atoms with Gasteiger partial charge >= 0.3 is 0 Å². The molecule has 2 bridgehead atoms. The molecule has 4 N–H and O–H groups in total. The first-order valence-corrected chi connectivity index (χ1v) is 14.4. The van der Waals surface area contributed by atoms with Crippen LogP contribution in [0, 0.1) is 11.8 Å². The van der Waals surface area contributed by atoms with Crippen LogP contribution < -0.4 is 29.6 Å². The number of rotatable bonds is 8. The van der Waals surface area contributed by atoms with E-state index >= 15 is 4.79 Å². The van der Waals surface area contributed by atoms with Gasteiger partial charge in [-0.2, -0.15) is 0 Å². The molecule has 2 heterocycles. The minimum Gasteiger partial charge on any atom is -0.496 e. The number of ether oxygens (including phenoxy) is 4. The largest absolute Gasteiger partial charge is 0.496 e. The summed E-state index contributed by atoms with van der Waals surface area (Å²) < 4.78 is 23.4. The van der Waals surface area contributed by atoms with Crippen molar-refractivity contribution in [3.8, 4) is 23.0 Å². The fourth-order valence-electron chi connectivity index (χ4n) is 7.26. The lowest BCUT2D eigenvalue weighted by Gasteiger charge is -2.48. The van der Waals surface area contributed by atoms with E-state index < -0.39 is 0 Å². The van der Waals surface area contributed by atoms with Crippen LogP contribution in [0.1, 0.15) is 46.4 Å². The zero-order valence-electron chi connectivity index (χ0n) is 24.4. The highest BCUT2D eigenvalue weighted by molar-refractivity contribution is 5.88. The van der Waals surface area contributed by atoms with E-state index in [1.165, 1.54) is 0 Å². The number of ketones is 1. The third-order valence-electron chi connectivity index (χ3n) is 9.03. The van der Waals surface area contributed by atoms with Crippen molar-refractivity contribution in [3.05, 3.63) is 119 Å². The zero-order chi connectivity index (χ0) is 29.2. The van der Waals surface area contributed by atoms with Crippen LogP contribution in [0.25, 0.3) is 0 Å². The molecule has 2 aliphatic heterocycles. The number of quaternary nitrogens is 2. The van der Waals surface area contributed by atoms with Crippen molar-refractivity contribution in [2.75, 3.05) is 28.4 Å². The number of carbonyl (C=O) groups excluding carboxylic acids is 1. The number of benzene rings is 4. The number of carbonyl (C=O) groups is 1. The maximum Gasteiger partial charge on any atom is 0.164 e. The smallest absolute Gasteiger partial charge is 0.164 e. The van der Waals surface area contributed by atoms with Crippen molar-refractivity contribution in [3.63, 3.8) is 0 Å². The molecular formula is C35H38N2O5+2. The first-order valence-electron chi connectivity index (χ1n) is 14.4. The Morgan fingerprint density at radius 1 is 0.429 bits per heavy atom. The van der Waals surface area contributed by atoms with Crippen LogP contribution >= 0.6 is 0 Å². The van der Waals surface area contributed by atoms with E-state index in [2.05, 4.69) is 34.9 Å². The van der Waals surface area contributed by atoms with Crippen molar-refractivity contribution in [2.24, 2.45) is 11.8 Å². The Bertz CT molecular complexity index is 1350. The molecule has 0 spiro atoms. The van der Waals surface area contributed by atoms with Crippen LogP contribution in [-0.4, -0.2) is 34.2 Å². The first-order chi connectivity index (χ1) is 20.6. The number of fused-ring (bicyclic) bond motifs is 2. The molecule has 4 aromatic carbocycles. The van der Waals surface area contributed by atoms with Gasteiger partial charge in [0.2, 0.25) is 0 Å². The molecule has 2 aliphatic rings. The average molecular weight is 567 g/mol. The molecule has 0 saturated carbocycles. The van der Waals surface area contributed by atoms with Crippen LogP contribution in [0.4, 0.5) is 0 Å². The monoisotopic (exact) mass is 566 g/mol. The lowest BCUT2D eigenvalue weighted by atomic mass is 9.63. The van der Waals surface area contributed by atoms with Gasteiger partial charge in [0.15, 0.2) is 5.78 Å². The summed E-state index contributed by atoms with van der Waals surface area (Å²) in [6.07, 6.45) is 0. The van der Waals surface area contributed by atoms with E-state index in [0.717, 1.165) is 45.3 Å². The quantitative estimate of drug-likeness (QED) is 0.338. The lowest BCUT2D eigenvalue weighted by Crippen LogP contribution is -3.02. The van der Waals surface area contributed by atoms with Gasteiger partial charge in [-0.1, -0.05) is 48.5 Å². The van der Waals surface area contributed by atoms with Gasteiger partial charge in [0.1, 0.15) is 59.0 Å². The van der Waals surface area contributed by atoms with Gasteiger partial charge in [0.05, 0.1) is 50.7 Å². The molecule has 42 heavy (non-hydrogen) atoms. The fraction of sp³-hybridized carbons (Fsp3) is 0.286. The molecule has 7 heteroatoms. The summed E-state index contributed by atoms with van der Waals surface area (Å²) in [5.41, 5.74) is 4.00. The maximum atomic E-state index is 15.1. The predicted octanol–water partition coefficient (Wildman–Crippen LogP) is 3.94. The summed E-state index contributed by atoms with van der Waals surface area (Å²) in [6.45, 7) is 0. The third kappa shape index (κ3) is 4.68. The van der Waals surface area contributed by atoms with Crippen molar-refractivity contribution in [1.82, 2.24) is 0 Å². The van der Waals surface area contributed by atoms with E-state index in [1.54, 1.807) is 28.4 Å². The Hall–Kier alpha value is -4.33. The molecule has 216 valence electrons. The Balaban J connectivity index is 1.59. The first kappa shape index (κ1) is 27.8. The van der Waals surface area contributed by atoms with Gasteiger partial charge in [0.25, 0.3) is 0 Å². The molecule has 2 unspecified atom stereocenters. The summed E-state index contributed by atoms with van der Waals surface area (Å²) in [7, 11) is 6.75. The summed E-state index contributed by atoms with van der Waals surface area (Å²) in [5.74, 6) is 2.62. The van der Waals surface area contributed by atoms with Gasteiger partial charge in [0, 0.05) is 0 Å². The Morgan fingerprint density at radius 2 is 0.667 bits per heavy atom. The summed E-state index contributed by atoms with van der Waals surface area (Å²) >= 11 is 0. The molecule has 2 fully saturated rings. The molecule has 0 radical (unpaired) electrons. The number of hydrogen-bond donors (Lipinski definition) is 2. The van der Waals surface area contributed by atoms with E-state index in [1.807, 2.05) is 72.8 Å². The highest BCUT2D eigenvalue weighted by atomic mass is 16.5. The van der Waals surface area contributed by atoms with Crippen LogP contribution in [0.15, 0.2) is 97.1 Å². The van der Waals surface area contributed by atoms with Crippen molar-refractivity contribution < 1.29 is 34.4 Å². The Labute approximate surface area is 246 Å². The van der Waals surface area contributed by atoms with Crippen molar-refractivity contribution in [2.45, 2.75) is 24.2 Å². The van der Waals surface area contributed by atoms with E-state index in [0.29, 0.717) is 0 Å². The standard InChI is InChI=1S/C35H36N2O5/c1-39-25-17-9-5-13-21(25)31-29-32(22-14-6-10-18-26(22)40-2)37-34(24-16-8-12-20-28(24)42-4)30(35(29)38)33(36-31)23-15-7-11-19-27(23)41-3/h5-20,29-34,36-37H,1-4H3/p+2/t29?,30?,31-,32+,33+,34-. The van der Waals surface area contributed by atoms with Crippen LogP contribution in [0.5, 0.6) is 23.0 Å². The van der Waals surface area contributed by atoms with Crippen LogP contribution in [-0.2, 0) is 4.79 Å². The SMILES string of the molecule is COc1ccccc1[C@H]1[NH2+][C@@H](c2ccccc2OC)C2C(=O)C1[C@H](c1ccccc1OC)[NH2+][C@@H]2c1ccccc1OC. The van der Waals surface area contributed by atoms with Crippen molar-refractivity contribution >= 4 is 5.78 Å². The molecule has 2 saturated heterocycles. The second-order valence-electron chi connectivity index (χ2n) is 10.9. The molecule has 6 rings (SSSR count). The number of hydrogen-bond acceptors (Lipinski definition) is 5. The molecule has 0 aromatic heterocycles. The molecule has 4 aromatic rings. The maximum absolute atomic E-state index is 15.1. The number of piperidine rings is 2. The summed E-state index contributed by atoms with van der Waals surface area (Å²) in [5, 5.41) is 4.73. The highest BCUT2D eigenvalue weighted by Gasteiger charge is 2.62. The predicted molar refractivity (Wildman–Crippen MR) is 159 cm³/mol. The minimum absolute atomic E-state index is 0.204. The highest BCUT2D eigenvalue weighted by Crippen LogP contribution is 2.49. The number of methoxy groups -OCH3 is 4. The third-order valence-corrected chi connectivity index (χ3v) is 9.03. The molecule has 0 aliphatic carbocycles. The minimum atomic E-state index is -0.348. The number of para-hydroxylation sites is 4. The number of nitrogens with two attached hydrogens (primary N) is 2.